The van der Waals surface area contributed by atoms with Gasteiger partial charge in [0.2, 0.25) is 5.91 Å². The van der Waals surface area contributed by atoms with Crippen LogP contribution in [0.1, 0.15) is 30.4 Å². The molecule has 1 unspecified atom stereocenters. The third-order valence-electron chi connectivity index (χ3n) is 4.11. The molecule has 0 bridgehead atoms. The Hall–Kier alpha value is -2.33. The Morgan fingerprint density at radius 1 is 1.26 bits per heavy atom. The molecule has 1 aliphatic heterocycles. The Bertz CT molecular complexity index is 670. The van der Waals surface area contributed by atoms with E-state index >= 15 is 0 Å². The Balaban J connectivity index is 1.75. The van der Waals surface area contributed by atoms with Crippen molar-refractivity contribution in [2.24, 2.45) is 0 Å². The van der Waals surface area contributed by atoms with Gasteiger partial charge in [0, 0.05) is 24.3 Å². The monoisotopic (exact) mass is 310 g/mol. The molecular formula is C19H22N2O2. The molecule has 1 aliphatic rings. The van der Waals surface area contributed by atoms with E-state index < -0.39 is 0 Å². The molecule has 0 radical (unpaired) electrons. The molecule has 0 spiro atoms. The first-order valence-electron chi connectivity index (χ1n) is 8.10. The largest absolute Gasteiger partial charge is 0.492 e. The maximum atomic E-state index is 12.6. The number of nitrogens with one attached hydrogen (secondary N) is 2. The van der Waals surface area contributed by atoms with E-state index in [4.69, 9.17) is 4.74 Å². The summed E-state index contributed by atoms with van der Waals surface area (Å²) in [6.45, 7) is 4.30. The highest BCUT2D eigenvalue weighted by Crippen LogP contribution is 2.26. The van der Waals surface area contributed by atoms with E-state index in [-0.39, 0.29) is 11.8 Å². The molecule has 4 nitrogen and oxygen atoms in total. The predicted octanol–water partition coefficient (Wildman–Crippen LogP) is 3.30. The van der Waals surface area contributed by atoms with Crippen LogP contribution >= 0.6 is 0 Å². The van der Waals surface area contributed by atoms with E-state index in [2.05, 4.69) is 10.6 Å². The molecule has 23 heavy (non-hydrogen) atoms. The van der Waals surface area contributed by atoms with Crippen LogP contribution in [0.5, 0.6) is 5.75 Å². The highest BCUT2D eigenvalue weighted by molar-refractivity contribution is 5.96. The summed E-state index contributed by atoms with van der Waals surface area (Å²) in [4.78, 5) is 12.6. The lowest BCUT2D eigenvalue weighted by Gasteiger charge is -2.16. The second kappa shape index (κ2) is 7.29. The van der Waals surface area contributed by atoms with E-state index in [9.17, 15) is 4.79 Å². The molecule has 2 N–H and O–H groups in total. The van der Waals surface area contributed by atoms with Gasteiger partial charge in [0.25, 0.3) is 0 Å². The van der Waals surface area contributed by atoms with Crippen LogP contribution in [-0.2, 0) is 11.3 Å². The molecule has 0 saturated carbocycles. The van der Waals surface area contributed by atoms with Gasteiger partial charge in [0.05, 0.1) is 5.92 Å². The summed E-state index contributed by atoms with van der Waals surface area (Å²) in [5.74, 6) is 0.786. The van der Waals surface area contributed by atoms with Crippen LogP contribution in [0.3, 0.4) is 0 Å². The smallest absolute Gasteiger partial charge is 0.231 e. The van der Waals surface area contributed by atoms with Crippen LogP contribution in [0.2, 0.25) is 0 Å². The van der Waals surface area contributed by atoms with Crippen LogP contribution in [0.4, 0.5) is 5.69 Å². The first-order chi connectivity index (χ1) is 11.3. The van der Waals surface area contributed by atoms with Gasteiger partial charge in [0.1, 0.15) is 12.4 Å². The van der Waals surface area contributed by atoms with Crippen molar-refractivity contribution in [3.63, 3.8) is 0 Å². The summed E-state index contributed by atoms with van der Waals surface area (Å²) in [6, 6.07) is 15.7. The molecule has 2 aromatic rings. The summed E-state index contributed by atoms with van der Waals surface area (Å²) in [6.07, 6.45) is 0.769. The number of hydrogen-bond donors (Lipinski definition) is 2. The SMILES string of the molecule is CCC(C(=O)Nc1ccc2c(c1)CNCCO2)c1ccccc1. The first kappa shape index (κ1) is 15.6. The van der Waals surface area contributed by atoms with Crippen molar-refractivity contribution in [1.82, 2.24) is 5.32 Å². The molecule has 1 atom stereocenters. The van der Waals surface area contributed by atoms with Gasteiger partial charge in [-0.2, -0.15) is 0 Å². The van der Waals surface area contributed by atoms with E-state index in [1.165, 1.54) is 0 Å². The van der Waals surface area contributed by atoms with Crippen LogP contribution < -0.4 is 15.4 Å². The van der Waals surface area contributed by atoms with Crippen LogP contribution in [-0.4, -0.2) is 19.1 Å². The van der Waals surface area contributed by atoms with Crippen LogP contribution in [0.15, 0.2) is 48.5 Å². The molecule has 3 rings (SSSR count). The predicted molar refractivity (Wildman–Crippen MR) is 91.7 cm³/mol. The highest BCUT2D eigenvalue weighted by Gasteiger charge is 2.19. The van der Waals surface area contributed by atoms with Gasteiger partial charge in [0.15, 0.2) is 0 Å². The van der Waals surface area contributed by atoms with Crippen LogP contribution in [0.25, 0.3) is 0 Å². The lowest BCUT2D eigenvalue weighted by molar-refractivity contribution is -0.117. The fourth-order valence-electron chi connectivity index (χ4n) is 2.88. The fraction of sp³-hybridized carbons (Fsp3) is 0.316. The molecule has 120 valence electrons. The summed E-state index contributed by atoms with van der Waals surface area (Å²) in [5, 5.41) is 6.35. The third-order valence-corrected chi connectivity index (χ3v) is 4.11. The number of fused-ring (bicyclic) bond motifs is 1. The summed E-state index contributed by atoms with van der Waals surface area (Å²) >= 11 is 0. The van der Waals surface area contributed by atoms with Gasteiger partial charge in [-0.3, -0.25) is 4.79 Å². The normalized spacial score (nSPS) is 15.0. The minimum absolute atomic E-state index is 0.0288. The van der Waals surface area contributed by atoms with E-state index in [0.29, 0.717) is 6.61 Å². The second-order valence-electron chi connectivity index (χ2n) is 5.71. The fourth-order valence-corrected chi connectivity index (χ4v) is 2.88. The number of benzene rings is 2. The van der Waals surface area contributed by atoms with Crippen molar-refractivity contribution in [3.8, 4) is 5.75 Å². The first-order valence-corrected chi connectivity index (χ1v) is 8.10. The molecule has 0 aliphatic carbocycles. The lowest BCUT2D eigenvalue weighted by atomic mass is 9.95. The van der Waals surface area contributed by atoms with Gasteiger partial charge >= 0.3 is 0 Å². The average molecular weight is 310 g/mol. The molecule has 0 saturated heterocycles. The average Bonchev–Trinajstić information content (AvgIpc) is 2.81. The number of carbonyl (C=O) groups excluding carboxylic acids is 1. The zero-order chi connectivity index (χ0) is 16.1. The maximum Gasteiger partial charge on any atom is 0.231 e. The number of anilines is 1. The minimum Gasteiger partial charge on any atom is -0.492 e. The van der Waals surface area contributed by atoms with Crippen LogP contribution in [0, 0.1) is 0 Å². The van der Waals surface area contributed by atoms with Crippen molar-refractivity contribution in [2.45, 2.75) is 25.8 Å². The van der Waals surface area contributed by atoms with Crippen molar-refractivity contribution >= 4 is 11.6 Å². The van der Waals surface area contributed by atoms with Gasteiger partial charge in [-0.1, -0.05) is 37.3 Å². The van der Waals surface area contributed by atoms with Crippen molar-refractivity contribution < 1.29 is 9.53 Å². The zero-order valence-electron chi connectivity index (χ0n) is 13.3. The molecule has 2 aromatic carbocycles. The quantitative estimate of drug-likeness (QED) is 0.911. The standard InChI is InChI=1S/C19H22N2O2/c1-2-17(14-6-4-3-5-7-14)19(22)21-16-8-9-18-15(12-16)13-20-10-11-23-18/h3-9,12,17,20H,2,10-11,13H2,1H3,(H,21,22). The molecule has 1 amide bonds. The molecule has 0 fully saturated rings. The Morgan fingerprint density at radius 2 is 2.09 bits per heavy atom. The maximum absolute atomic E-state index is 12.6. The van der Waals surface area contributed by atoms with Crippen molar-refractivity contribution in [2.75, 3.05) is 18.5 Å². The zero-order valence-corrected chi connectivity index (χ0v) is 13.3. The second-order valence-corrected chi connectivity index (χ2v) is 5.71. The number of hydrogen-bond acceptors (Lipinski definition) is 3. The number of amides is 1. The van der Waals surface area contributed by atoms with Gasteiger partial charge in [-0.15, -0.1) is 0 Å². The number of rotatable bonds is 4. The topological polar surface area (TPSA) is 50.4 Å². The number of ether oxygens (including phenoxy) is 1. The van der Waals surface area contributed by atoms with E-state index in [1.54, 1.807) is 0 Å². The van der Waals surface area contributed by atoms with Gasteiger partial charge < -0.3 is 15.4 Å². The summed E-state index contributed by atoms with van der Waals surface area (Å²) in [5.41, 5.74) is 2.94. The third kappa shape index (κ3) is 3.71. The Kier molecular flexibility index (Phi) is 4.93. The van der Waals surface area contributed by atoms with Crippen molar-refractivity contribution in [1.29, 1.82) is 0 Å². The molecule has 4 heteroatoms. The minimum atomic E-state index is -0.135. The molecule has 0 aromatic heterocycles. The van der Waals surface area contributed by atoms with Gasteiger partial charge in [-0.05, 0) is 30.2 Å². The summed E-state index contributed by atoms with van der Waals surface area (Å²) < 4.78 is 5.67. The van der Waals surface area contributed by atoms with Crippen molar-refractivity contribution in [3.05, 3.63) is 59.7 Å². The van der Waals surface area contributed by atoms with E-state index in [1.807, 2.05) is 55.5 Å². The Labute approximate surface area is 136 Å². The molecular weight excluding hydrogens is 288 g/mol. The highest BCUT2D eigenvalue weighted by atomic mass is 16.5. The molecule has 1 heterocycles. The van der Waals surface area contributed by atoms with Gasteiger partial charge in [-0.25, -0.2) is 0 Å². The summed E-state index contributed by atoms with van der Waals surface area (Å²) in [7, 11) is 0. The van der Waals surface area contributed by atoms with E-state index in [0.717, 1.165) is 42.1 Å². The Morgan fingerprint density at radius 3 is 2.87 bits per heavy atom. The number of carbonyl (C=O) groups is 1. The lowest BCUT2D eigenvalue weighted by Crippen LogP contribution is -2.20.